The normalized spacial score (nSPS) is 11.2. The summed E-state index contributed by atoms with van der Waals surface area (Å²) in [5.41, 5.74) is 2.81. The second kappa shape index (κ2) is 8.57. The molecule has 0 bridgehead atoms. The highest BCUT2D eigenvalue weighted by molar-refractivity contribution is 7.21. The molecule has 5 rings (SSSR count). The highest BCUT2D eigenvalue weighted by Gasteiger charge is 2.18. The Labute approximate surface area is 192 Å². The molecule has 0 fully saturated rings. The van der Waals surface area contributed by atoms with Crippen LogP contribution in [0.2, 0.25) is 5.02 Å². The lowest BCUT2D eigenvalue weighted by Gasteiger charge is -2.02. The van der Waals surface area contributed by atoms with Crippen LogP contribution in [-0.2, 0) is 17.8 Å². The van der Waals surface area contributed by atoms with Crippen molar-refractivity contribution in [2.75, 3.05) is 0 Å². The quantitative estimate of drug-likeness (QED) is 0.384. The van der Waals surface area contributed by atoms with Crippen LogP contribution in [0, 0.1) is 6.92 Å². The van der Waals surface area contributed by atoms with Crippen molar-refractivity contribution in [2.45, 2.75) is 19.9 Å². The summed E-state index contributed by atoms with van der Waals surface area (Å²) in [5, 5.41) is 13.3. The summed E-state index contributed by atoms with van der Waals surface area (Å²) in [6.07, 6.45) is 0.254. The Morgan fingerprint density at radius 3 is 2.72 bits per heavy atom. The van der Waals surface area contributed by atoms with Crippen LogP contribution in [0.4, 0.5) is 0 Å². The molecule has 0 atom stereocenters. The fourth-order valence-corrected chi connectivity index (χ4v) is 4.59. The molecule has 5 aromatic rings. The highest BCUT2D eigenvalue weighted by atomic mass is 35.5. The Kier molecular flexibility index (Phi) is 5.46. The molecule has 0 unspecified atom stereocenters. The lowest BCUT2D eigenvalue weighted by molar-refractivity contribution is -0.120. The molecule has 0 spiro atoms. The molecule has 160 valence electrons. The van der Waals surface area contributed by atoms with Crippen LogP contribution >= 0.6 is 22.9 Å². The zero-order valence-corrected chi connectivity index (χ0v) is 18.7. The number of amides is 1. The van der Waals surface area contributed by atoms with E-state index in [1.54, 1.807) is 23.5 Å². The van der Waals surface area contributed by atoms with E-state index in [1.807, 2.05) is 60.1 Å². The number of carbonyl (C=O) groups excluding carboxylic acids is 1. The lowest BCUT2D eigenvalue weighted by Crippen LogP contribution is -2.24. The first-order valence-corrected chi connectivity index (χ1v) is 11.1. The molecule has 2 aromatic carbocycles. The Hall–Kier alpha value is -3.49. The van der Waals surface area contributed by atoms with Gasteiger partial charge in [-0.2, -0.15) is 10.1 Å². The van der Waals surface area contributed by atoms with Gasteiger partial charge >= 0.3 is 0 Å². The predicted octanol–water partition coefficient (Wildman–Crippen LogP) is 4.96. The number of nitrogens with one attached hydrogen (secondary N) is 1. The van der Waals surface area contributed by atoms with Gasteiger partial charge in [-0.1, -0.05) is 47.1 Å². The minimum atomic E-state index is -0.132. The second-order valence-electron chi connectivity index (χ2n) is 7.25. The maximum atomic E-state index is 12.2. The smallest absolute Gasteiger partial charge is 0.246 e. The summed E-state index contributed by atoms with van der Waals surface area (Å²) in [7, 11) is 0. The number of thiophene rings is 1. The first kappa shape index (κ1) is 20.4. The average Bonchev–Trinajstić information content (AvgIpc) is 3.51. The molecule has 0 saturated heterocycles. The van der Waals surface area contributed by atoms with Crippen LogP contribution < -0.4 is 5.32 Å². The van der Waals surface area contributed by atoms with E-state index in [-0.39, 0.29) is 18.9 Å². The van der Waals surface area contributed by atoms with Gasteiger partial charge in [-0.05, 0) is 42.8 Å². The Morgan fingerprint density at radius 1 is 1.16 bits per heavy atom. The number of aryl methyl sites for hydroxylation is 1. The molecule has 7 nitrogen and oxygen atoms in total. The summed E-state index contributed by atoms with van der Waals surface area (Å²) in [6, 6.07) is 19.2. The van der Waals surface area contributed by atoms with Gasteiger partial charge in [-0.15, -0.1) is 11.3 Å². The van der Waals surface area contributed by atoms with E-state index in [0.717, 1.165) is 32.0 Å². The number of para-hydroxylation sites is 1. The number of aromatic nitrogens is 4. The molecule has 0 aliphatic carbocycles. The van der Waals surface area contributed by atoms with Gasteiger partial charge < -0.3 is 9.84 Å². The first-order valence-electron chi connectivity index (χ1n) is 9.95. The number of benzene rings is 2. The van der Waals surface area contributed by atoms with Gasteiger partial charge in [-0.3, -0.25) is 4.79 Å². The average molecular weight is 464 g/mol. The van der Waals surface area contributed by atoms with Crippen LogP contribution in [-0.4, -0.2) is 25.8 Å². The molecule has 0 radical (unpaired) electrons. The number of nitrogens with zero attached hydrogens (tertiary/aromatic N) is 4. The van der Waals surface area contributed by atoms with E-state index in [0.29, 0.717) is 16.7 Å². The number of hydrogen-bond acceptors (Lipinski definition) is 6. The summed E-state index contributed by atoms with van der Waals surface area (Å²) < 4.78 is 7.27. The van der Waals surface area contributed by atoms with Crippen molar-refractivity contribution in [3.63, 3.8) is 0 Å². The van der Waals surface area contributed by atoms with Crippen molar-refractivity contribution in [2.24, 2.45) is 0 Å². The van der Waals surface area contributed by atoms with Crippen molar-refractivity contribution in [3.8, 4) is 16.4 Å². The minimum absolute atomic E-state index is 0.132. The monoisotopic (exact) mass is 463 g/mol. The molecule has 32 heavy (non-hydrogen) atoms. The molecular weight excluding hydrogens is 446 g/mol. The molecule has 0 aliphatic rings. The molecule has 1 N–H and O–H groups in total. The van der Waals surface area contributed by atoms with Crippen LogP contribution in [0.15, 0.2) is 65.2 Å². The van der Waals surface area contributed by atoms with E-state index in [4.69, 9.17) is 16.1 Å². The highest BCUT2D eigenvalue weighted by Crippen LogP contribution is 2.35. The van der Waals surface area contributed by atoms with Gasteiger partial charge in [-0.25, -0.2) is 4.68 Å². The van der Waals surface area contributed by atoms with Gasteiger partial charge in [0.1, 0.15) is 4.83 Å². The fourth-order valence-electron chi connectivity index (χ4n) is 3.35. The largest absolute Gasteiger partial charge is 0.347 e. The van der Waals surface area contributed by atoms with Gasteiger partial charge in [0.25, 0.3) is 0 Å². The SMILES string of the molecule is Cc1nn(-c2ccccc2)c2sc(-c3noc(CNC(=O)Cc4ccc(Cl)cc4)n3)cc12. The minimum Gasteiger partial charge on any atom is -0.347 e. The van der Waals surface area contributed by atoms with E-state index in [9.17, 15) is 4.79 Å². The van der Waals surface area contributed by atoms with Crippen LogP contribution in [0.5, 0.6) is 0 Å². The number of rotatable bonds is 6. The summed E-state index contributed by atoms with van der Waals surface area (Å²) >= 11 is 7.43. The van der Waals surface area contributed by atoms with E-state index < -0.39 is 0 Å². The molecular formula is C23H18ClN5O2S. The maximum Gasteiger partial charge on any atom is 0.246 e. The van der Waals surface area contributed by atoms with E-state index in [1.165, 1.54) is 0 Å². The topological polar surface area (TPSA) is 85.8 Å². The molecule has 3 heterocycles. The third-order valence-corrected chi connectivity index (χ3v) is 6.31. The van der Waals surface area contributed by atoms with Crippen molar-refractivity contribution >= 4 is 39.1 Å². The number of carbonyl (C=O) groups is 1. The zero-order chi connectivity index (χ0) is 22.1. The molecule has 9 heteroatoms. The van der Waals surface area contributed by atoms with Crippen molar-refractivity contribution < 1.29 is 9.32 Å². The van der Waals surface area contributed by atoms with Gasteiger partial charge in [0.2, 0.25) is 17.6 Å². The molecule has 3 aromatic heterocycles. The van der Waals surface area contributed by atoms with Crippen molar-refractivity contribution in [3.05, 3.63) is 82.8 Å². The van der Waals surface area contributed by atoms with E-state index >= 15 is 0 Å². The number of halogens is 1. The van der Waals surface area contributed by atoms with Gasteiger partial charge in [0.05, 0.1) is 29.2 Å². The van der Waals surface area contributed by atoms with E-state index in [2.05, 4.69) is 20.6 Å². The Morgan fingerprint density at radius 2 is 1.94 bits per heavy atom. The lowest BCUT2D eigenvalue weighted by atomic mass is 10.1. The zero-order valence-electron chi connectivity index (χ0n) is 17.1. The Bertz CT molecular complexity index is 1390. The Balaban J connectivity index is 1.30. The third kappa shape index (κ3) is 4.15. The number of hydrogen-bond donors (Lipinski definition) is 1. The summed E-state index contributed by atoms with van der Waals surface area (Å²) in [6.45, 7) is 2.15. The molecule has 1 amide bonds. The van der Waals surface area contributed by atoms with Crippen LogP contribution in [0.25, 0.3) is 26.6 Å². The van der Waals surface area contributed by atoms with Crippen molar-refractivity contribution in [1.29, 1.82) is 0 Å². The van der Waals surface area contributed by atoms with Crippen LogP contribution in [0.3, 0.4) is 0 Å². The standard InChI is InChI=1S/C23H18ClN5O2S/c1-14-18-12-19(32-23(18)29(27-14)17-5-3-2-4-6-17)22-26-21(31-28-22)13-25-20(30)11-15-7-9-16(24)10-8-15/h2-10,12H,11,13H2,1H3,(H,25,30). The second-order valence-corrected chi connectivity index (χ2v) is 8.72. The van der Waals surface area contributed by atoms with Crippen molar-refractivity contribution in [1.82, 2.24) is 25.2 Å². The van der Waals surface area contributed by atoms with Gasteiger partial charge in [0.15, 0.2) is 0 Å². The summed E-state index contributed by atoms with van der Waals surface area (Å²) in [4.78, 5) is 18.5. The molecule has 0 saturated carbocycles. The van der Waals surface area contributed by atoms with Gasteiger partial charge in [0, 0.05) is 10.4 Å². The molecule has 0 aliphatic heterocycles. The maximum absolute atomic E-state index is 12.2. The third-order valence-electron chi connectivity index (χ3n) is 4.95. The number of fused-ring (bicyclic) bond motifs is 1. The first-order chi connectivity index (χ1) is 15.6. The predicted molar refractivity (Wildman–Crippen MR) is 124 cm³/mol. The fraction of sp³-hybridized carbons (Fsp3) is 0.130. The van der Waals surface area contributed by atoms with Crippen LogP contribution in [0.1, 0.15) is 17.1 Å². The summed E-state index contributed by atoms with van der Waals surface area (Å²) in [5.74, 6) is 0.711.